The van der Waals surface area contributed by atoms with Crippen molar-refractivity contribution in [1.29, 1.82) is 0 Å². The van der Waals surface area contributed by atoms with E-state index in [1.807, 2.05) is 19.1 Å². The van der Waals surface area contributed by atoms with Crippen LogP contribution in [0.15, 0.2) is 18.3 Å². The summed E-state index contributed by atoms with van der Waals surface area (Å²) in [5, 5.41) is 0. The number of hydrogen-bond acceptors (Lipinski definition) is 4. The van der Waals surface area contributed by atoms with Crippen molar-refractivity contribution in [2.75, 3.05) is 20.8 Å². The first-order chi connectivity index (χ1) is 6.68. The van der Waals surface area contributed by atoms with Gasteiger partial charge in [-0.25, -0.2) is 4.98 Å². The maximum absolute atomic E-state index is 5.66. The van der Waals surface area contributed by atoms with Crippen molar-refractivity contribution in [3.63, 3.8) is 0 Å². The molecule has 0 amide bonds. The molecule has 0 radical (unpaired) electrons. The number of nitrogens with zero attached hydrogens (tertiary/aromatic N) is 1. The first-order valence-corrected chi connectivity index (χ1v) is 4.42. The quantitative estimate of drug-likeness (QED) is 0.777. The zero-order valence-corrected chi connectivity index (χ0v) is 8.78. The van der Waals surface area contributed by atoms with Gasteiger partial charge in [-0.15, -0.1) is 0 Å². The predicted molar refractivity (Wildman–Crippen MR) is 54.2 cm³/mol. The second-order valence-corrected chi connectivity index (χ2v) is 3.20. The van der Waals surface area contributed by atoms with Crippen LogP contribution in [0.4, 0.5) is 0 Å². The Labute approximate surface area is 84.0 Å². The fraction of sp³-hybridized carbons (Fsp3) is 0.500. The van der Waals surface area contributed by atoms with Crippen LogP contribution < -0.4 is 10.5 Å². The Morgan fingerprint density at radius 3 is 2.71 bits per heavy atom. The van der Waals surface area contributed by atoms with Crippen molar-refractivity contribution in [2.45, 2.75) is 12.5 Å². The summed E-state index contributed by atoms with van der Waals surface area (Å²) in [5.41, 5.74) is 5.99. The van der Waals surface area contributed by atoms with Crippen LogP contribution in [0.2, 0.25) is 0 Å². The van der Waals surface area contributed by atoms with Gasteiger partial charge in [0.1, 0.15) is 5.60 Å². The number of methoxy groups -OCH3 is 2. The van der Waals surface area contributed by atoms with Gasteiger partial charge in [-0.1, -0.05) is 0 Å². The second kappa shape index (κ2) is 4.39. The fourth-order valence-corrected chi connectivity index (χ4v) is 1.26. The zero-order chi connectivity index (χ0) is 10.6. The number of pyridine rings is 1. The molecule has 0 aliphatic heterocycles. The van der Waals surface area contributed by atoms with Crippen molar-refractivity contribution >= 4 is 0 Å². The Balaban J connectivity index is 3.15. The summed E-state index contributed by atoms with van der Waals surface area (Å²) in [6.07, 6.45) is 1.68. The maximum Gasteiger partial charge on any atom is 0.219 e. The molecule has 0 aromatic carbocycles. The third-order valence-corrected chi connectivity index (χ3v) is 2.37. The molecule has 1 atom stereocenters. The van der Waals surface area contributed by atoms with Gasteiger partial charge in [0.2, 0.25) is 5.88 Å². The van der Waals surface area contributed by atoms with Crippen LogP contribution in [0.25, 0.3) is 0 Å². The molecule has 2 N–H and O–H groups in total. The molecule has 78 valence electrons. The van der Waals surface area contributed by atoms with Crippen molar-refractivity contribution in [1.82, 2.24) is 4.98 Å². The van der Waals surface area contributed by atoms with E-state index in [2.05, 4.69) is 4.98 Å². The minimum Gasteiger partial charge on any atom is -0.481 e. The van der Waals surface area contributed by atoms with Crippen LogP contribution in [-0.2, 0) is 10.3 Å². The molecule has 4 heteroatoms. The molecule has 0 aliphatic carbocycles. The Morgan fingerprint density at radius 2 is 2.21 bits per heavy atom. The second-order valence-electron chi connectivity index (χ2n) is 3.20. The summed E-state index contributed by atoms with van der Waals surface area (Å²) in [5.74, 6) is 0.558. The number of hydrogen-bond donors (Lipinski definition) is 1. The van der Waals surface area contributed by atoms with E-state index in [9.17, 15) is 0 Å². The Hall–Kier alpha value is -1.13. The molecule has 1 aromatic heterocycles. The molecule has 0 saturated heterocycles. The smallest absolute Gasteiger partial charge is 0.219 e. The molecule has 0 saturated carbocycles. The predicted octanol–water partition coefficient (Wildman–Crippen LogP) is 0.910. The van der Waals surface area contributed by atoms with Crippen molar-refractivity contribution in [3.05, 3.63) is 23.9 Å². The molecule has 1 aromatic rings. The summed E-state index contributed by atoms with van der Waals surface area (Å²) < 4.78 is 10.5. The van der Waals surface area contributed by atoms with Crippen LogP contribution in [0.1, 0.15) is 12.5 Å². The van der Waals surface area contributed by atoms with Gasteiger partial charge >= 0.3 is 0 Å². The topological polar surface area (TPSA) is 57.4 Å². The SMILES string of the molecule is COc1ncccc1C(C)(CN)OC. The molecule has 14 heavy (non-hydrogen) atoms. The molecular formula is C10H16N2O2. The summed E-state index contributed by atoms with van der Waals surface area (Å²) >= 11 is 0. The van der Waals surface area contributed by atoms with Crippen molar-refractivity contribution in [2.24, 2.45) is 5.73 Å². The maximum atomic E-state index is 5.66. The highest BCUT2D eigenvalue weighted by Gasteiger charge is 2.28. The van der Waals surface area contributed by atoms with E-state index in [1.54, 1.807) is 20.4 Å². The number of aromatic nitrogens is 1. The first-order valence-electron chi connectivity index (χ1n) is 4.42. The van der Waals surface area contributed by atoms with E-state index in [-0.39, 0.29) is 0 Å². The van der Waals surface area contributed by atoms with Gasteiger partial charge in [0.15, 0.2) is 0 Å². The summed E-state index contributed by atoms with van der Waals surface area (Å²) in [7, 11) is 3.21. The number of ether oxygens (including phenoxy) is 2. The molecule has 4 nitrogen and oxygen atoms in total. The zero-order valence-electron chi connectivity index (χ0n) is 8.78. The van der Waals surface area contributed by atoms with E-state index in [1.165, 1.54) is 0 Å². The average molecular weight is 196 g/mol. The normalized spacial score (nSPS) is 14.9. The highest BCUT2D eigenvalue weighted by molar-refractivity contribution is 5.31. The lowest BCUT2D eigenvalue weighted by Gasteiger charge is -2.27. The Kier molecular flexibility index (Phi) is 3.43. The lowest BCUT2D eigenvalue weighted by Crippen LogP contribution is -2.34. The third kappa shape index (κ3) is 1.86. The average Bonchev–Trinajstić information content (AvgIpc) is 2.28. The van der Waals surface area contributed by atoms with Crippen LogP contribution in [0.5, 0.6) is 5.88 Å². The summed E-state index contributed by atoms with van der Waals surface area (Å²) in [6, 6.07) is 3.74. The van der Waals surface area contributed by atoms with Crippen molar-refractivity contribution < 1.29 is 9.47 Å². The van der Waals surface area contributed by atoms with Crippen LogP contribution >= 0.6 is 0 Å². The lowest BCUT2D eigenvalue weighted by atomic mass is 9.97. The van der Waals surface area contributed by atoms with Gasteiger partial charge in [-0.05, 0) is 19.1 Å². The first kappa shape index (κ1) is 10.9. The van der Waals surface area contributed by atoms with Crippen molar-refractivity contribution in [3.8, 4) is 5.88 Å². The van der Waals surface area contributed by atoms with Crippen LogP contribution in [0.3, 0.4) is 0 Å². The van der Waals surface area contributed by atoms with Gasteiger partial charge in [0, 0.05) is 25.4 Å². The van der Waals surface area contributed by atoms with E-state index in [0.717, 1.165) is 5.56 Å². The standard InChI is InChI=1S/C10H16N2O2/c1-10(7-11,14-3)8-5-4-6-12-9(8)13-2/h4-6H,7,11H2,1-3H3. The number of rotatable bonds is 4. The highest BCUT2D eigenvalue weighted by Crippen LogP contribution is 2.29. The van der Waals surface area contributed by atoms with Crippen LogP contribution in [0, 0.1) is 0 Å². The summed E-state index contributed by atoms with van der Waals surface area (Å²) in [4.78, 5) is 4.10. The molecule has 1 unspecified atom stereocenters. The lowest BCUT2D eigenvalue weighted by molar-refractivity contribution is 0.00774. The molecule has 1 heterocycles. The van der Waals surface area contributed by atoms with Gasteiger partial charge in [-0.3, -0.25) is 0 Å². The van der Waals surface area contributed by atoms with E-state index >= 15 is 0 Å². The molecule has 0 bridgehead atoms. The molecule has 0 spiro atoms. The van der Waals surface area contributed by atoms with Gasteiger partial charge < -0.3 is 15.2 Å². The van der Waals surface area contributed by atoms with E-state index in [0.29, 0.717) is 12.4 Å². The molecular weight excluding hydrogens is 180 g/mol. The van der Waals surface area contributed by atoms with Gasteiger partial charge in [0.05, 0.1) is 7.11 Å². The minimum absolute atomic E-state index is 0.381. The minimum atomic E-state index is -0.542. The van der Waals surface area contributed by atoms with E-state index < -0.39 is 5.60 Å². The molecule has 0 fully saturated rings. The molecule has 0 aliphatic rings. The fourth-order valence-electron chi connectivity index (χ4n) is 1.26. The molecule has 1 rings (SSSR count). The number of nitrogens with two attached hydrogens (primary N) is 1. The monoisotopic (exact) mass is 196 g/mol. The Morgan fingerprint density at radius 1 is 1.50 bits per heavy atom. The summed E-state index contributed by atoms with van der Waals surface area (Å²) in [6.45, 7) is 2.29. The highest BCUT2D eigenvalue weighted by atomic mass is 16.5. The van der Waals surface area contributed by atoms with E-state index in [4.69, 9.17) is 15.2 Å². The Bertz CT molecular complexity index is 298. The van der Waals surface area contributed by atoms with Gasteiger partial charge in [-0.2, -0.15) is 0 Å². The van der Waals surface area contributed by atoms with Crippen LogP contribution in [-0.4, -0.2) is 25.7 Å². The van der Waals surface area contributed by atoms with Gasteiger partial charge in [0.25, 0.3) is 0 Å². The third-order valence-electron chi connectivity index (χ3n) is 2.37. The largest absolute Gasteiger partial charge is 0.481 e.